The van der Waals surface area contributed by atoms with Crippen molar-refractivity contribution >= 4 is 6.09 Å². The number of nitrogens with one attached hydrogen (secondary N) is 1. The highest BCUT2D eigenvalue weighted by Crippen LogP contribution is 2.29. The zero-order valence-electron chi connectivity index (χ0n) is 13.1. The summed E-state index contributed by atoms with van der Waals surface area (Å²) in [5, 5.41) is 12.1. The van der Waals surface area contributed by atoms with Gasteiger partial charge in [0.1, 0.15) is 12.7 Å². The molecule has 2 N–H and O–H groups in total. The third kappa shape index (κ3) is 4.43. The first-order chi connectivity index (χ1) is 10.4. The third-order valence-corrected chi connectivity index (χ3v) is 3.46. The Bertz CT molecular complexity index is 491. The molecule has 0 spiro atoms. The Kier molecular flexibility index (Phi) is 5.39. The van der Waals surface area contributed by atoms with Gasteiger partial charge in [0, 0.05) is 0 Å². The molecule has 22 heavy (non-hydrogen) atoms. The topological polar surface area (TPSA) is 77.0 Å². The van der Waals surface area contributed by atoms with Crippen LogP contribution in [-0.2, 0) is 20.8 Å². The van der Waals surface area contributed by atoms with Gasteiger partial charge in [-0.15, -0.1) is 0 Å². The van der Waals surface area contributed by atoms with Crippen molar-refractivity contribution in [2.75, 3.05) is 6.61 Å². The van der Waals surface area contributed by atoms with Crippen molar-refractivity contribution in [3.8, 4) is 0 Å². The van der Waals surface area contributed by atoms with E-state index < -0.39 is 24.0 Å². The van der Waals surface area contributed by atoms with E-state index in [1.807, 2.05) is 37.3 Å². The molecule has 0 unspecified atom stereocenters. The predicted octanol–water partition coefficient (Wildman–Crippen LogP) is 1.81. The molecule has 1 amide bonds. The molecule has 6 nitrogen and oxygen atoms in total. The second-order valence-electron chi connectivity index (χ2n) is 5.80. The fourth-order valence-electron chi connectivity index (χ4n) is 2.52. The van der Waals surface area contributed by atoms with Crippen LogP contribution in [0.3, 0.4) is 0 Å². The number of carbonyl (C=O) groups excluding carboxylic acids is 1. The molecule has 1 aromatic rings. The maximum Gasteiger partial charge on any atom is 0.407 e. The highest BCUT2D eigenvalue weighted by atomic mass is 16.8. The number of aliphatic hydroxyl groups excluding tert-OH is 1. The smallest absolute Gasteiger partial charge is 0.407 e. The highest BCUT2D eigenvalue weighted by Gasteiger charge is 2.43. The Morgan fingerprint density at radius 1 is 1.36 bits per heavy atom. The Labute approximate surface area is 130 Å². The summed E-state index contributed by atoms with van der Waals surface area (Å²) in [5.41, 5.74) is 0.896. The summed E-state index contributed by atoms with van der Waals surface area (Å²) in [6, 6.07) is 8.80. The number of aliphatic hydroxyl groups is 1. The molecule has 1 aliphatic rings. The quantitative estimate of drug-likeness (QED) is 0.867. The second kappa shape index (κ2) is 7.09. The number of ether oxygens (including phenoxy) is 3. The summed E-state index contributed by atoms with van der Waals surface area (Å²) in [4.78, 5) is 11.9. The minimum atomic E-state index is -0.729. The molecule has 1 fully saturated rings. The van der Waals surface area contributed by atoms with Gasteiger partial charge in [-0.3, -0.25) is 0 Å². The van der Waals surface area contributed by atoms with E-state index in [-0.39, 0.29) is 19.3 Å². The Balaban J connectivity index is 1.86. The molecule has 0 radical (unpaired) electrons. The van der Waals surface area contributed by atoms with E-state index in [1.54, 1.807) is 13.8 Å². The zero-order valence-corrected chi connectivity index (χ0v) is 13.1. The summed E-state index contributed by atoms with van der Waals surface area (Å²) in [6.07, 6.45) is -1.26. The first kappa shape index (κ1) is 16.7. The molecule has 1 heterocycles. The summed E-state index contributed by atoms with van der Waals surface area (Å²) in [6.45, 7) is 5.36. The fraction of sp³-hybridized carbons (Fsp3) is 0.562. The van der Waals surface area contributed by atoms with Crippen LogP contribution in [-0.4, -0.2) is 41.8 Å². The van der Waals surface area contributed by atoms with Gasteiger partial charge in [-0.05, 0) is 26.3 Å². The van der Waals surface area contributed by atoms with Gasteiger partial charge < -0.3 is 24.6 Å². The number of hydrogen-bond acceptors (Lipinski definition) is 5. The summed E-state index contributed by atoms with van der Waals surface area (Å²) in [5.74, 6) is -0.729. The van der Waals surface area contributed by atoms with Crippen molar-refractivity contribution in [1.29, 1.82) is 0 Å². The van der Waals surface area contributed by atoms with Crippen molar-refractivity contribution in [2.45, 2.75) is 51.4 Å². The van der Waals surface area contributed by atoms with E-state index in [0.29, 0.717) is 0 Å². The average Bonchev–Trinajstić information content (AvgIpc) is 2.76. The monoisotopic (exact) mass is 309 g/mol. The average molecular weight is 309 g/mol. The molecule has 1 aliphatic heterocycles. The van der Waals surface area contributed by atoms with E-state index >= 15 is 0 Å². The van der Waals surface area contributed by atoms with Crippen LogP contribution in [0, 0.1) is 0 Å². The number of alkyl carbamates (subject to hydrolysis) is 1. The lowest BCUT2D eigenvalue weighted by molar-refractivity contribution is -0.148. The van der Waals surface area contributed by atoms with Crippen molar-refractivity contribution in [2.24, 2.45) is 0 Å². The van der Waals surface area contributed by atoms with Crippen molar-refractivity contribution < 1.29 is 24.1 Å². The molecular formula is C16H23NO5. The highest BCUT2D eigenvalue weighted by molar-refractivity contribution is 5.67. The molecule has 1 aromatic carbocycles. The first-order valence-electron chi connectivity index (χ1n) is 7.35. The molecule has 0 aliphatic carbocycles. The summed E-state index contributed by atoms with van der Waals surface area (Å²) < 4.78 is 16.5. The van der Waals surface area contributed by atoms with Gasteiger partial charge in [0.15, 0.2) is 5.79 Å². The zero-order chi connectivity index (χ0) is 16.2. The number of hydrogen-bond donors (Lipinski definition) is 2. The van der Waals surface area contributed by atoms with Crippen LogP contribution in [0.25, 0.3) is 0 Å². The van der Waals surface area contributed by atoms with Gasteiger partial charge in [-0.2, -0.15) is 0 Å². The van der Waals surface area contributed by atoms with E-state index in [9.17, 15) is 9.90 Å². The lowest BCUT2D eigenvalue weighted by Crippen LogP contribution is -2.49. The Morgan fingerprint density at radius 3 is 2.59 bits per heavy atom. The summed E-state index contributed by atoms with van der Waals surface area (Å²) >= 11 is 0. The van der Waals surface area contributed by atoms with E-state index in [0.717, 1.165) is 5.56 Å². The van der Waals surface area contributed by atoms with Crippen LogP contribution >= 0.6 is 0 Å². The maximum absolute atomic E-state index is 11.9. The lowest BCUT2D eigenvalue weighted by Gasteiger charge is -2.24. The number of carbonyl (C=O) groups is 1. The molecule has 0 aromatic heterocycles. The fourth-order valence-corrected chi connectivity index (χ4v) is 2.52. The van der Waals surface area contributed by atoms with E-state index in [1.165, 1.54) is 0 Å². The number of benzene rings is 1. The van der Waals surface area contributed by atoms with Crippen LogP contribution in [0.4, 0.5) is 4.79 Å². The van der Waals surface area contributed by atoms with Gasteiger partial charge in [-0.1, -0.05) is 30.3 Å². The van der Waals surface area contributed by atoms with Gasteiger partial charge in [0.25, 0.3) is 0 Å². The second-order valence-corrected chi connectivity index (χ2v) is 5.80. The Hall–Kier alpha value is -1.63. The maximum atomic E-state index is 11.9. The van der Waals surface area contributed by atoms with Gasteiger partial charge in [0.2, 0.25) is 0 Å². The van der Waals surface area contributed by atoms with Gasteiger partial charge in [-0.25, -0.2) is 4.79 Å². The van der Waals surface area contributed by atoms with Gasteiger partial charge in [0.05, 0.1) is 18.8 Å². The SMILES string of the molecule is C[C@H]1OC(C)(C)O[C@H]1[C@H](CO)NC(=O)OCc1ccccc1. The molecular weight excluding hydrogens is 286 g/mol. The lowest BCUT2D eigenvalue weighted by atomic mass is 10.1. The van der Waals surface area contributed by atoms with Crippen molar-refractivity contribution in [1.82, 2.24) is 5.32 Å². The van der Waals surface area contributed by atoms with E-state index in [4.69, 9.17) is 14.2 Å². The minimum absolute atomic E-state index is 0.174. The normalized spacial score (nSPS) is 24.7. The Morgan fingerprint density at radius 2 is 2.05 bits per heavy atom. The molecule has 1 saturated heterocycles. The molecule has 0 bridgehead atoms. The van der Waals surface area contributed by atoms with Crippen molar-refractivity contribution in [3.63, 3.8) is 0 Å². The van der Waals surface area contributed by atoms with Gasteiger partial charge >= 0.3 is 6.09 Å². The molecule has 3 atom stereocenters. The van der Waals surface area contributed by atoms with Crippen LogP contribution in [0.2, 0.25) is 0 Å². The number of rotatable bonds is 5. The van der Waals surface area contributed by atoms with Crippen LogP contribution in [0.1, 0.15) is 26.3 Å². The largest absolute Gasteiger partial charge is 0.445 e. The third-order valence-electron chi connectivity index (χ3n) is 3.46. The summed E-state index contributed by atoms with van der Waals surface area (Å²) in [7, 11) is 0. The van der Waals surface area contributed by atoms with Crippen molar-refractivity contribution in [3.05, 3.63) is 35.9 Å². The molecule has 2 rings (SSSR count). The minimum Gasteiger partial charge on any atom is -0.445 e. The molecule has 0 saturated carbocycles. The van der Waals surface area contributed by atoms with E-state index in [2.05, 4.69) is 5.32 Å². The predicted molar refractivity (Wildman–Crippen MR) is 80.1 cm³/mol. The van der Waals surface area contributed by atoms with Crippen LogP contribution < -0.4 is 5.32 Å². The number of amides is 1. The standard InChI is InChI=1S/C16H23NO5/c1-11-14(22-16(2,3)21-11)13(9-18)17-15(19)20-10-12-7-5-4-6-8-12/h4-8,11,13-14,18H,9-10H2,1-3H3,(H,17,19)/t11-,13+,14-/m1/s1. The first-order valence-corrected chi connectivity index (χ1v) is 7.35. The van der Waals surface area contributed by atoms with Crippen LogP contribution in [0.15, 0.2) is 30.3 Å². The van der Waals surface area contributed by atoms with Crippen LogP contribution in [0.5, 0.6) is 0 Å². The molecule has 122 valence electrons. The molecule has 6 heteroatoms.